The number of nitrogens with one attached hydrogen (secondary N) is 1. The number of nitro benzene ring substituents is 1. The van der Waals surface area contributed by atoms with Crippen LogP contribution in [0.3, 0.4) is 0 Å². The lowest BCUT2D eigenvalue weighted by atomic mass is 10.1. The summed E-state index contributed by atoms with van der Waals surface area (Å²) in [6.07, 6.45) is 0. The summed E-state index contributed by atoms with van der Waals surface area (Å²) in [7, 11) is 0. The van der Waals surface area contributed by atoms with E-state index in [1.165, 1.54) is 18.2 Å². The normalized spacial score (nSPS) is 9.80. The molecule has 0 saturated heterocycles. The van der Waals surface area contributed by atoms with Gasteiger partial charge < -0.3 is 0 Å². The second-order valence-electron chi connectivity index (χ2n) is 3.96. The van der Waals surface area contributed by atoms with Crippen LogP contribution in [0.5, 0.6) is 0 Å². The first-order valence-corrected chi connectivity index (χ1v) is 5.73. The molecule has 0 fully saturated rings. The number of rotatable bonds is 3. The van der Waals surface area contributed by atoms with Gasteiger partial charge in [-0.3, -0.25) is 25.0 Å². The van der Waals surface area contributed by atoms with Gasteiger partial charge >= 0.3 is 0 Å². The number of benzene rings is 2. The molecule has 0 radical (unpaired) electrons. The van der Waals surface area contributed by atoms with Gasteiger partial charge in [-0.05, 0) is 18.2 Å². The van der Waals surface area contributed by atoms with Gasteiger partial charge in [0.2, 0.25) is 0 Å². The standard InChI is InChI=1S/C14H10N2O4/c17-13(10-5-2-1-3-6-10)15-14(18)11-7-4-8-12(9-11)16(19)20/h1-9H,(H,15,17,18). The topological polar surface area (TPSA) is 89.3 Å². The number of amides is 2. The predicted octanol–water partition coefficient (Wildman–Crippen LogP) is 2.17. The van der Waals surface area contributed by atoms with Crippen molar-refractivity contribution in [3.63, 3.8) is 0 Å². The lowest BCUT2D eigenvalue weighted by Crippen LogP contribution is -2.30. The Kier molecular flexibility index (Phi) is 3.85. The average Bonchev–Trinajstić information content (AvgIpc) is 2.48. The molecule has 0 aromatic heterocycles. The van der Waals surface area contributed by atoms with Crippen LogP contribution in [-0.4, -0.2) is 16.7 Å². The molecule has 0 atom stereocenters. The number of hydrogen-bond acceptors (Lipinski definition) is 4. The first-order chi connectivity index (χ1) is 9.58. The third-order valence-electron chi connectivity index (χ3n) is 2.58. The Morgan fingerprint density at radius 1 is 0.900 bits per heavy atom. The molecule has 20 heavy (non-hydrogen) atoms. The van der Waals surface area contributed by atoms with E-state index in [1.807, 2.05) is 0 Å². The predicted molar refractivity (Wildman–Crippen MR) is 71.3 cm³/mol. The Morgan fingerprint density at radius 3 is 2.15 bits per heavy atom. The molecule has 0 aliphatic heterocycles. The molecule has 0 heterocycles. The van der Waals surface area contributed by atoms with Gasteiger partial charge in [0.15, 0.2) is 0 Å². The molecule has 2 aromatic rings. The molecular formula is C14H10N2O4. The van der Waals surface area contributed by atoms with Crippen LogP contribution in [0.2, 0.25) is 0 Å². The number of carbonyl (C=O) groups is 2. The lowest BCUT2D eigenvalue weighted by molar-refractivity contribution is -0.384. The van der Waals surface area contributed by atoms with Crippen molar-refractivity contribution in [2.45, 2.75) is 0 Å². The number of non-ortho nitro benzene ring substituents is 1. The second kappa shape index (κ2) is 5.75. The van der Waals surface area contributed by atoms with Gasteiger partial charge in [0.05, 0.1) is 4.92 Å². The van der Waals surface area contributed by atoms with Gasteiger partial charge in [0.25, 0.3) is 17.5 Å². The molecule has 0 bridgehead atoms. The molecule has 2 amide bonds. The minimum Gasteiger partial charge on any atom is -0.288 e. The molecular weight excluding hydrogens is 260 g/mol. The highest BCUT2D eigenvalue weighted by Crippen LogP contribution is 2.13. The Hall–Kier alpha value is -3.02. The first-order valence-electron chi connectivity index (χ1n) is 5.73. The van der Waals surface area contributed by atoms with Crippen LogP contribution in [0, 0.1) is 10.1 Å². The fourth-order valence-corrected chi connectivity index (χ4v) is 1.60. The monoisotopic (exact) mass is 270 g/mol. The number of hydrogen-bond donors (Lipinski definition) is 1. The number of nitrogens with zero attached hydrogens (tertiary/aromatic N) is 1. The molecule has 2 aromatic carbocycles. The number of nitro groups is 1. The summed E-state index contributed by atoms with van der Waals surface area (Å²) < 4.78 is 0. The number of imide groups is 1. The fraction of sp³-hybridized carbons (Fsp3) is 0. The van der Waals surface area contributed by atoms with E-state index >= 15 is 0 Å². The van der Waals surface area contributed by atoms with Crippen molar-refractivity contribution in [2.24, 2.45) is 0 Å². The van der Waals surface area contributed by atoms with Crippen LogP contribution in [0.25, 0.3) is 0 Å². The van der Waals surface area contributed by atoms with Crippen LogP contribution in [0.4, 0.5) is 5.69 Å². The third-order valence-corrected chi connectivity index (χ3v) is 2.58. The van der Waals surface area contributed by atoms with E-state index in [9.17, 15) is 19.7 Å². The van der Waals surface area contributed by atoms with E-state index < -0.39 is 16.7 Å². The maximum absolute atomic E-state index is 11.8. The summed E-state index contributed by atoms with van der Waals surface area (Å²) in [5.74, 6) is -1.23. The van der Waals surface area contributed by atoms with Crippen molar-refractivity contribution in [3.05, 3.63) is 75.8 Å². The van der Waals surface area contributed by atoms with E-state index in [0.29, 0.717) is 5.56 Å². The van der Waals surface area contributed by atoms with Crippen LogP contribution < -0.4 is 5.32 Å². The van der Waals surface area contributed by atoms with Crippen LogP contribution in [0.15, 0.2) is 54.6 Å². The van der Waals surface area contributed by atoms with Crippen molar-refractivity contribution in [2.75, 3.05) is 0 Å². The van der Waals surface area contributed by atoms with Crippen LogP contribution in [0.1, 0.15) is 20.7 Å². The quantitative estimate of drug-likeness (QED) is 0.525. The van der Waals surface area contributed by atoms with Gasteiger partial charge in [0.1, 0.15) is 0 Å². The van der Waals surface area contributed by atoms with Crippen molar-refractivity contribution >= 4 is 17.5 Å². The largest absolute Gasteiger partial charge is 0.288 e. The summed E-state index contributed by atoms with van der Waals surface area (Å²) in [5, 5.41) is 12.8. The van der Waals surface area contributed by atoms with Gasteiger partial charge in [-0.2, -0.15) is 0 Å². The molecule has 2 rings (SSSR count). The van der Waals surface area contributed by atoms with Gasteiger partial charge in [-0.1, -0.05) is 24.3 Å². The summed E-state index contributed by atoms with van der Waals surface area (Å²) in [5.41, 5.74) is 0.194. The highest BCUT2D eigenvalue weighted by atomic mass is 16.6. The molecule has 6 nitrogen and oxygen atoms in total. The zero-order valence-electron chi connectivity index (χ0n) is 10.3. The van der Waals surface area contributed by atoms with Gasteiger partial charge in [-0.15, -0.1) is 0 Å². The van der Waals surface area contributed by atoms with Crippen LogP contribution >= 0.6 is 0 Å². The van der Waals surface area contributed by atoms with E-state index in [2.05, 4.69) is 5.32 Å². The first kappa shape index (κ1) is 13.4. The summed E-state index contributed by atoms with van der Waals surface area (Å²) in [6.45, 7) is 0. The molecule has 0 spiro atoms. The summed E-state index contributed by atoms with van der Waals surface area (Å²) >= 11 is 0. The van der Waals surface area contributed by atoms with Gasteiger partial charge in [0, 0.05) is 23.3 Å². The van der Waals surface area contributed by atoms with E-state index in [0.717, 1.165) is 6.07 Å². The van der Waals surface area contributed by atoms with Crippen molar-refractivity contribution in [1.29, 1.82) is 0 Å². The molecule has 0 aliphatic rings. The maximum atomic E-state index is 11.8. The molecule has 100 valence electrons. The molecule has 6 heteroatoms. The summed E-state index contributed by atoms with van der Waals surface area (Å²) in [6, 6.07) is 13.4. The Bertz CT molecular complexity index is 668. The highest BCUT2D eigenvalue weighted by Gasteiger charge is 2.14. The Morgan fingerprint density at radius 2 is 1.50 bits per heavy atom. The zero-order valence-corrected chi connectivity index (χ0v) is 10.3. The van der Waals surface area contributed by atoms with Crippen molar-refractivity contribution in [1.82, 2.24) is 5.32 Å². The lowest BCUT2D eigenvalue weighted by Gasteiger charge is -2.04. The van der Waals surface area contributed by atoms with Crippen molar-refractivity contribution in [3.8, 4) is 0 Å². The number of carbonyl (C=O) groups excluding carboxylic acids is 2. The summed E-state index contributed by atoms with van der Waals surface area (Å²) in [4.78, 5) is 33.7. The average molecular weight is 270 g/mol. The van der Waals surface area contributed by atoms with Crippen LogP contribution in [-0.2, 0) is 0 Å². The van der Waals surface area contributed by atoms with E-state index in [1.54, 1.807) is 30.3 Å². The zero-order chi connectivity index (χ0) is 14.5. The third kappa shape index (κ3) is 3.05. The molecule has 0 unspecified atom stereocenters. The minimum absolute atomic E-state index is 0.0588. The second-order valence-corrected chi connectivity index (χ2v) is 3.96. The fourth-order valence-electron chi connectivity index (χ4n) is 1.60. The minimum atomic E-state index is -0.678. The highest BCUT2D eigenvalue weighted by molar-refractivity contribution is 6.10. The van der Waals surface area contributed by atoms with Gasteiger partial charge in [-0.25, -0.2) is 0 Å². The maximum Gasteiger partial charge on any atom is 0.270 e. The van der Waals surface area contributed by atoms with E-state index in [4.69, 9.17) is 0 Å². The smallest absolute Gasteiger partial charge is 0.270 e. The van der Waals surface area contributed by atoms with Crippen molar-refractivity contribution < 1.29 is 14.5 Å². The molecule has 1 N–H and O–H groups in total. The Labute approximate surface area is 114 Å². The SMILES string of the molecule is O=C(NC(=O)c1cccc([N+](=O)[O-])c1)c1ccccc1. The molecule has 0 aliphatic carbocycles. The molecule has 0 saturated carbocycles. The Balaban J connectivity index is 2.15. The van der Waals surface area contributed by atoms with E-state index in [-0.39, 0.29) is 11.3 Å².